The fraction of sp³-hybridized carbons (Fsp3) is 0.375. The van der Waals surface area contributed by atoms with Crippen molar-refractivity contribution < 1.29 is 17.9 Å². The zero-order valence-corrected chi connectivity index (χ0v) is 21.3. The summed E-state index contributed by atoms with van der Waals surface area (Å²) >= 11 is 1.33. The number of thiazole rings is 1. The van der Waals surface area contributed by atoms with Gasteiger partial charge in [0.15, 0.2) is 5.13 Å². The Balaban J connectivity index is 1.65. The molecule has 180 valence electrons. The molecule has 0 spiro atoms. The topological polar surface area (TPSA) is 110 Å². The summed E-state index contributed by atoms with van der Waals surface area (Å²) in [6.45, 7) is 5.51. The Kier molecular flexibility index (Phi) is 6.90. The maximum atomic E-state index is 13.3. The molecule has 34 heavy (non-hydrogen) atoms. The molecule has 1 fully saturated rings. The molecule has 0 atom stereocenters. The second-order valence-electron chi connectivity index (χ2n) is 8.52. The number of pyridine rings is 1. The number of methoxy groups -OCH3 is 1. The number of hydrogen-bond donors (Lipinski definition) is 2. The second kappa shape index (κ2) is 9.71. The summed E-state index contributed by atoms with van der Waals surface area (Å²) in [6, 6.07) is 6.80. The lowest BCUT2D eigenvalue weighted by molar-refractivity contribution is -0.119. The quantitative estimate of drug-likeness (QED) is 0.469. The molecule has 1 aromatic carbocycles. The molecule has 1 aliphatic rings. The van der Waals surface area contributed by atoms with Gasteiger partial charge in [-0.3, -0.25) is 14.5 Å². The lowest BCUT2D eigenvalue weighted by Crippen LogP contribution is -2.20. The predicted molar refractivity (Wildman–Crippen MR) is 134 cm³/mol. The van der Waals surface area contributed by atoms with E-state index in [-0.39, 0.29) is 22.5 Å². The molecule has 2 N–H and O–H groups in total. The van der Waals surface area contributed by atoms with Gasteiger partial charge in [-0.25, -0.2) is 13.4 Å². The highest BCUT2D eigenvalue weighted by Gasteiger charge is 2.25. The van der Waals surface area contributed by atoms with Crippen molar-refractivity contribution in [3.8, 4) is 16.2 Å². The van der Waals surface area contributed by atoms with E-state index in [4.69, 9.17) is 4.74 Å². The maximum absolute atomic E-state index is 13.3. The van der Waals surface area contributed by atoms with Gasteiger partial charge in [-0.1, -0.05) is 24.2 Å². The molecular weight excluding hydrogens is 472 g/mol. The van der Waals surface area contributed by atoms with Crippen molar-refractivity contribution in [3.05, 3.63) is 47.4 Å². The van der Waals surface area contributed by atoms with E-state index < -0.39 is 10.0 Å². The number of anilines is 2. The van der Waals surface area contributed by atoms with Gasteiger partial charge in [0.2, 0.25) is 5.91 Å². The van der Waals surface area contributed by atoms with Gasteiger partial charge < -0.3 is 10.1 Å². The van der Waals surface area contributed by atoms with Gasteiger partial charge in [0.25, 0.3) is 10.0 Å². The summed E-state index contributed by atoms with van der Waals surface area (Å²) < 4.78 is 34.6. The number of carbonyl (C=O) groups excluding carboxylic acids is 1. The lowest BCUT2D eigenvalue weighted by Gasteiger charge is -2.14. The molecule has 1 amide bonds. The number of carbonyl (C=O) groups is 1. The predicted octanol–water partition coefficient (Wildman–Crippen LogP) is 5.07. The van der Waals surface area contributed by atoms with Crippen LogP contribution in [0.15, 0.2) is 35.4 Å². The normalized spacial score (nSPS) is 14.2. The average molecular weight is 501 g/mol. The van der Waals surface area contributed by atoms with Crippen LogP contribution in [0, 0.1) is 26.7 Å². The highest BCUT2D eigenvalue weighted by molar-refractivity contribution is 7.92. The third kappa shape index (κ3) is 5.07. The minimum Gasteiger partial charge on any atom is -0.495 e. The van der Waals surface area contributed by atoms with Crippen LogP contribution in [0.4, 0.5) is 10.8 Å². The molecule has 8 nitrogen and oxygen atoms in total. The van der Waals surface area contributed by atoms with Gasteiger partial charge in [-0.05, 0) is 69.0 Å². The first-order chi connectivity index (χ1) is 16.2. The SMILES string of the molecule is COc1ccc(-c2sc(NC(=O)C3CCCC3)nc2C)cc1S(=O)(=O)Nc1cnc(C)cc1C. The van der Waals surface area contributed by atoms with E-state index in [1.54, 1.807) is 18.2 Å². The van der Waals surface area contributed by atoms with E-state index in [1.165, 1.54) is 24.6 Å². The molecule has 3 aromatic rings. The number of ether oxygens (including phenoxy) is 1. The van der Waals surface area contributed by atoms with Crippen molar-refractivity contribution in [2.24, 2.45) is 5.92 Å². The highest BCUT2D eigenvalue weighted by atomic mass is 32.2. The summed E-state index contributed by atoms with van der Waals surface area (Å²) in [6.07, 6.45) is 5.48. The van der Waals surface area contributed by atoms with Crippen LogP contribution in [0.2, 0.25) is 0 Å². The van der Waals surface area contributed by atoms with E-state index in [0.717, 1.165) is 41.8 Å². The van der Waals surface area contributed by atoms with Gasteiger partial charge >= 0.3 is 0 Å². The molecular formula is C24H28N4O4S2. The van der Waals surface area contributed by atoms with Crippen LogP contribution < -0.4 is 14.8 Å². The molecule has 0 saturated heterocycles. The zero-order valence-electron chi connectivity index (χ0n) is 19.6. The van der Waals surface area contributed by atoms with Crippen molar-refractivity contribution in [2.45, 2.75) is 51.3 Å². The van der Waals surface area contributed by atoms with E-state index in [1.807, 2.05) is 26.8 Å². The molecule has 0 aliphatic heterocycles. The monoisotopic (exact) mass is 500 g/mol. The minimum atomic E-state index is -3.96. The molecule has 0 bridgehead atoms. The maximum Gasteiger partial charge on any atom is 0.265 e. The van der Waals surface area contributed by atoms with E-state index in [9.17, 15) is 13.2 Å². The number of aryl methyl sites for hydroxylation is 3. The second-order valence-corrected chi connectivity index (χ2v) is 11.2. The number of amides is 1. The average Bonchev–Trinajstić information content (AvgIpc) is 3.45. The van der Waals surface area contributed by atoms with Crippen LogP contribution >= 0.6 is 11.3 Å². The Hall–Kier alpha value is -2.98. The summed E-state index contributed by atoms with van der Waals surface area (Å²) in [4.78, 5) is 22.0. The molecule has 1 saturated carbocycles. The van der Waals surface area contributed by atoms with Crippen LogP contribution in [0.25, 0.3) is 10.4 Å². The summed E-state index contributed by atoms with van der Waals surface area (Å²) in [7, 11) is -2.53. The third-order valence-electron chi connectivity index (χ3n) is 5.96. The molecule has 0 unspecified atom stereocenters. The van der Waals surface area contributed by atoms with Gasteiger partial charge in [-0.2, -0.15) is 0 Å². The number of hydrogen-bond acceptors (Lipinski definition) is 7. The van der Waals surface area contributed by atoms with Gasteiger partial charge in [0.05, 0.1) is 29.6 Å². The Labute approximate surface area is 203 Å². The highest BCUT2D eigenvalue weighted by Crippen LogP contribution is 2.37. The molecule has 10 heteroatoms. The number of nitrogens with zero attached hydrogens (tertiary/aromatic N) is 2. The van der Waals surface area contributed by atoms with E-state index in [0.29, 0.717) is 22.1 Å². The Morgan fingerprint density at radius 3 is 2.56 bits per heavy atom. The van der Waals surface area contributed by atoms with Crippen molar-refractivity contribution >= 4 is 38.1 Å². The third-order valence-corrected chi connectivity index (χ3v) is 8.47. The zero-order chi connectivity index (χ0) is 24.5. The van der Waals surface area contributed by atoms with Gasteiger partial charge in [0.1, 0.15) is 10.6 Å². The first kappa shape index (κ1) is 24.2. The Bertz CT molecular complexity index is 1330. The number of benzene rings is 1. The molecule has 0 radical (unpaired) electrons. The Morgan fingerprint density at radius 1 is 1.15 bits per heavy atom. The number of aromatic nitrogens is 2. The summed E-state index contributed by atoms with van der Waals surface area (Å²) in [5.41, 5.74) is 3.37. The molecule has 2 aromatic heterocycles. The lowest BCUT2D eigenvalue weighted by atomic mass is 10.1. The van der Waals surface area contributed by atoms with Crippen LogP contribution in [0.5, 0.6) is 5.75 Å². The molecule has 2 heterocycles. The van der Waals surface area contributed by atoms with Crippen LogP contribution in [0.3, 0.4) is 0 Å². The standard InChI is InChI=1S/C24H28N4O4S2/c1-14-11-15(2)25-13-19(14)28-34(30,31)21-12-18(9-10-20(21)32-4)22-16(3)26-24(33-22)27-23(29)17-7-5-6-8-17/h9-13,17,28H,5-8H2,1-4H3,(H,26,27,29). The number of nitrogens with one attached hydrogen (secondary N) is 2. The number of rotatable bonds is 7. The summed E-state index contributed by atoms with van der Waals surface area (Å²) in [5, 5.41) is 3.45. The molecule has 1 aliphatic carbocycles. The fourth-order valence-corrected chi connectivity index (χ4v) is 6.42. The first-order valence-electron chi connectivity index (χ1n) is 11.1. The van der Waals surface area contributed by atoms with E-state index >= 15 is 0 Å². The van der Waals surface area contributed by atoms with Gasteiger partial charge in [-0.15, -0.1) is 0 Å². The van der Waals surface area contributed by atoms with Crippen LogP contribution in [0.1, 0.15) is 42.6 Å². The first-order valence-corrected chi connectivity index (χ1v) is 13.4. The number of sulfonamides is 1. The van der Waals surface area contributed by atoms with Crippen LogP contribution in [-0.4, -0.2) is 31.4 Å². The fourth-order valence-electron chi connectivity index (χ4n) is 4.14. The molecule has 4 rings (SSSR count). The summed E-state index contributed by atoms with van der Waals surface area (Å²) in [5.74, 6) is 0.268. The largest absolute Gasteiger partial charge is 0.495 e. The van der Waals surface area contributed by atoms with Gasteiger partial charge in [0, 0.05) is 11.6 Å². The van der Waals surface area contributed by atoms with Crippen molar-refractivity contribution in [2.75, 3.05) is 17.1 Å². The van der Waals surface area contributed by atoms with Crippen molar-refractivity contribution in [1.29, 1.82) is 0 Å². The van der Waals surface area contributed by atoms with Crippen LogP contribution in [-0.2, 0) is 14.8 Å². The minimum absolute atomic E-state index is 0.00192. The Morgan fingerprint density at radius 2 is 1.88 bits per heavy atom. The smallest absolute Gasteiger partial charge is 0.265 e. The van der Waals surface area contributed by atoms with Crippen molar-refractivity contribution in [3.63, 3.8) is 0 Å². The van der Waals surface area contributed by atoms with Crippen molar-refractivity contribution in [1.82, 2.24) is 9.97 Å². The van der Waals surface area contributed by atoms with E-state index in [2.05, 4.69) is 20.0 Å².